The van der Waals surface area contributed by atoms with Crippen LogP contribution in [0.1, 0.15) is 29.8 Å². The quantitative estimate of drug-likeness (QED) is 0.839. The second-order valence-corrected chi connectivity index (χ2v) is 6.84. The van der Waals surface area contributed by atoms with Gasteiger partial charge in [0.2, 0.25) is 0 Å². The Morgan fingerprint density at radius 1 is 1.35 bits per heavy atom. The number of hydrogen-bond acceptors (Lipinski definition) is 3. The van der Waals surface area contributed by atoms with Gasteiger partial charge in [-0.15, -0.1) is 12.4 Å². The molecule has 1 N–H and O–H groups in total. The van der Waals surface area contributed by atoms with Crippen LogP contribution in [-0.2, 0) is 0 Å². The van der Waals surface area contributed by atoms with Crippen LogP contribution in [0, 0.1) is 5.92 Å². The molecular formula is C17H22BrClN2O2. The number of furan rings is 1. The first-order valence-corrected chi connectivity index (χ1v) is 8.59. The Morgan fingerprint density at radius 2 is 2.09 bits per heavy atom. The second-order valence-electron chi connectivity index (χ2n) is 5.92. The fourth-order valence-corrected chi connectivity index (χ4v) is 3.43. The lowest BCUT2D eigenvalue weighted by atomic mass is 9.93. The topological polar surface area (TPSA) is 45.5 Å². The van der Waals surface area contributed by atoms with Gasteiger partial charge in [-0.05, 0) is 63.0 Å². The van der Waals surface area contributed by atoms with E-state index in [0.717, 1.165) is 53.8 Å². The summed E-state index contributed by atoms with van der Waals surface area (Å²) in [7, 11) is 1.98. The van der Waals surface area contributed by atoms with Gasteiger partial charge < -0.3 is 14.6 Å². The van der Waals surface area contributed by atoms with Gasteiger partial charge in [0.1, 0.15) is 5.58 Å². The van der Waals surface area contributed by atoms with Crippen LogP contribution in [0.15, 0.2) is 33.2 Å². The van der Waals surface area contributed by atoms with Crippen molar-refractivity contribution in [3.8, 4) is 0 Å². The molecule has 1 saturated heterocycles. The summed E-state index contributed by atoms with van der Waals surface area (Å²) in [6.45, 7) is 2.71. The smallest absolute Gasteiger partial charge is 0.289 e. The maximum atomic E-state index is 12.6. The molecule has 1 aliphatic rings. The van der Waals surface area contributed by atoms with Gasteiger partial charge in [-0.2, -0.15) is 0 Å². The van der Waals surface area contributed by atoms with Crippen LogP contribution in [0.3, 0.4) is 0 Å². The summed E-state index contributed by atoms with van der Waals surface area (Å²) >= 11 is 3.44. The molecular weight excluding hydrogens is 380 g/mol. The molecule has 0 unspecified atom stereocenters. The van der Waals surface area contributed by atoms with E-state index < -0.39 is 0 Å². The molecule has 1 fully saturated rings. The first-order valence-electron chi connectivity index (χ1n) is 7.80. The van der Waals surface area contributed by atoms with Crippen molar-refractivity contribution in [2.24, 2.45) is 5.92 Å². The lowest BCUT2D eigenvalue weighted by Gasteiger charge is -2.31. The summed E-state index contributed by atoms with van der Waals surface area (Å²) in [6.07, 6.45) is 3.36. The molecule has 126 valence electrons. The highest BCUT2D eigenvalue weighted by Gasteiger charge is 2.25. The predicted octanol–water partition coefficient (Wildman–Crippen LogP) is 4.08. The Bertz CT molecular complexity index is 666. The van der Waals surface area contributed by atoms with Crippen molar-refractivity contribution in [1.82, 2.24) is 10.2 Å². The number of halogens is 2. The zero-order chi connectivity index (χ0) is 15.5. The summed E-state index contributed by atoms with van der Waals surface area (Å²) in [5.41, 5.74) is 0.760. The highest BCUT2D eigenvalue weighted by Crippen LogP contribution is 2.26. The molecule has 1 aromatic heterocycles. The van der Waals surface area contributed by atoms with Crippen LogP contribution in [0.4, 0.5) is 0 Å². The Labute approximate surface area is 151 Å². The van der Waals surface area contributed by atoms with Crippen LogP contribution in [0.2, 0.25) is 0 Å². The van der Waals surface area contributed by atoms with Crippen LogP contribution in [0.5, 0.6) is 0 Å². The molecule has 3 rings (SSSR count). The number of carbonyl (C=O) groups is 1. The number of amides is 1. The minimum absolute atomic E-state index is 0. The summed E-state index contributed by atoms with van der Waals surface area (Å²) in [5, 5.41) is 4.15. The van der Waals surface area contributed by atoms with Crippen molar-refractivity contribution >= 4 is 45.2 Å². The fraction of sp³-hybridized carbons (Fsp3) is 0.471. The molecule has 6 heteroatoms. The van der Waals surface area contributed by atoms with Crippen molar-refractivity contribution in [1.29, 1.82) is 0 Å². The first-order chi connectivity index (χ1) is 10.7. The van der Waals surface area contributed by atoms with E-state index in [4.69, 9.17) is 4.42 Å². The van der Waals surface area contributed by atoms with E-state index in [1.165, 1.54) is 6.42 Å². The average molecular weight is 402 g/mol. The van der Waals surface area contributed by atoms with Gasteiger partial charge in [0.15, 0.2) is 5.76 Å². The monoisotopic (exact) mass is 400 g/mol. The van der Waals surface area contributed by atoms with E-state index >= 15 is 0 Å². The molecule has 0 atom stereocenters. The highest BCUT2D eigenvalue weighted by atomic mass is 79.9. The minimum atomic E-state index is 0. The molecule has 1 aromatic carbocycles. The van der Waals surface area contributed by atoms with Crippen LogP contribution < -0.4 is 5.32 Å². The summed E-state index contributed by atoms with van der Waals surface area (Å²) in [6, 6.07) is 7.63. The first kappa shape index (κ1) is 18.3. The zero-order valence-corrected chi connectivity index (χ0v) is 15.6. The van der Waals surface area contributed by atoms with E-state index in [1.807, 2.05) is 36.2 Å². The molecule has 0 bridgehead atoms. The van der Waals surface area contributed by atoms with Crippen molar-refractivity contribution in [2.45, 2.75) is 19.3 Å². The van der Waals surface area contributed by atoms with Gasteiger partial charge in [-0.1, -0.05) is 15.9 Å². The Kier molecular flexibility index (Phi) is 6.50. The molecule has 2 heterocycles. The van der Waals surface area contributed by atoms with Gasteiger partial charge >= 0.3 is 0 Å². The van der Waals surface area contributed by atoms with E-state index in [2.05, 4.69) is 21.2 Å². The lowest BCUT2D eigenvalue weighted by Crippen LogP contribution is -2.38. The van der Waals surface area contributed by atoms with Gasteiger partial charge in [0.05, 0.1) is 0 Å². The zero-order valence-electron chi connectivity index (χ0n) is 13.2. The molecule has 0 aliphatic carbocycles. The van der Waals surface area contributed by atoms with Gasteiger partial charge in [-0.3, -0.25) is 4.79 Å². The van der Waals surface area contributed by atoms with E-state index in [0.29, 0.717) is 5.76 Å². The third kappa shape index (κ3) is 4.28. The van der Waals surface area contributed by atoms with Crippen molar-refractivity contribution in [3.63, 3.8) is 0 Å². The Balaban J connectivity index is 0.00000192. The molecule has 1 aliphatic heterocycles. The maximum Gasteiger partial charge on any atom is 0.289 e. The number of carbonyl (C=O) groups excluding carboxylic acids is 1. The number of hydrogen-bond donors (Lipinski definition) is 1. The molecule has 0 radical (unpaired) electrons. The molecule has 2 aromatic rings. The van der Waals surface area contributed by atoms with Crippen molar-refractivity contribution < 1.29 is 9.21 Å². The van der Waals surface area contributed by atoms with Crippen LogP contribution >= 0.6 is 28.3 Å². The van der Waals surface area contributed by atoms with Gasteiger partial charge in [-0.25, -0.2) is 0 Å². The maximum absolute atomic E-state index is 12.6. The number of rotatable bonds is 4. The molecule has 0 spiro atoms. The average Bonchev–Trinajstić information content (AvgIpc) is 2.95. The third-order valence-corrected chi connectivity index (χ3v) is 4.89. The fourth-order valence-electron chi connectivity index (χ4n) is 3.05. The number of benzene rings is 1. The van der Waals surface area contributed by atoms with Gasteiger partial charge in [0, 0.05) is 22.9 Å². The summed E-state index contributed by atoms with van der Waals surface area (Å²) in [4.78, 5) is 14.5. The normalized spacial score (nSPS) is 15.7. The van der Waals surface area contributed by atoms with E-state index in [1.54, 1.807) is 0 Å². The summed E-state index contributed by atoms with van der Waals surface area (Å²) < 4.78 is 6.70. The van der Waals surface area contributed by atoms with Crippen molar-refractivity contribution in [3.05, 3.63) is 34.5 Å². The highest BCUT2D eigenvalue weighted by molar-refractivity contribution is 9.10. The van der Waals surface area contributed by atoms with E-state index in [-0.39, 0.29) is 18.3 Å². The number of nitrogens with one attached hydrogen (secondary N) is 1. The Morgan fingerprint density at radius 3 is 2.78 bits per heavy atom. The number of fused-ring (bicyclic) bond motifs is 1. The minimum Gasteiger partial charge on any atom is -0.451 e. The third-order valence-electron chi connectivity index (χ3n) is 4.39. The predicted molar refractivity (Wildman–Crippen MR) is 98.3 cm³/mol. The number of piperidine rings is 1. The van der Waals surface area contributed by atoms with E-state index in [9.17, 15) is 4.79 Å². The standard InChI is InChI=1S/C17H21BrN2O2.ClH/c1-19-7-4-12-5-8-20(9-6-12)17(21)16-11-13-10-14(18)2-3-15(13)22-16;/h2-3,10-12,19H,4-9H2,1H3;1H. The second kappa shape index (κ2) is 8.18. The van der Waals surface area contributed by atoms with Gasteiger partial charge in [0.25, 0.3) is 5.91 Å². The lowest BCUT2D eigenvalue weighted by molar-refractivity contribution is 0.0657. The van der Waals surface area contributed by atoms with Crippen LogP contribution in [-0.4, -0.2) is 37.5 Å². The number of likely N-dealkylation sites (tertiary alicyclic amines) is 1. The molecule has 4 nitrogen and oxygen atoms in total. The van der Waals surface area contributed by atoms with Crippen molar-refractivity contribution in [2.75, 3.05) is 26.7 Å². The summed E-state index contributed by atoms with van der Waals surface area (Å²) in [5.74, 6) is 1.18. The number of nitrogens with zero attached hydrogens (tertiary/aromatic N) is 1. The Hall–Kier alpha value is -1.04. The molecule has 23 heavy (non-hydrogen) atoms. The molecule has 1 amide bonds. The SMILES string of the molecule is CNCCC1CCN(C(=O)c2cc3cc(Br)ccc3o2)CC1.Cl. The largest absolute Gasteiger partial charge is 0.451 e. The molecule has 0 saturated carbocycles. The van der Waals surface area contributed by atoms with Crippen LogP contribution in [0.25, 0.3) is 11.0 Å².